The highest BCUT2D eigenvalue weighted by Gasteiger charge is 2.41. The monoisotopic (exact) mass is 278 g/mol. The van der Waals surface area contributed by atoms with Crippen molar-refractivity contribution in [3.8, 4) is 0 Å². The number of rotatable bonds is 4. The van der Waals surface area contributed by atoms with Crippen LogP contribution in [0.5, 0.6) is 0 Å². The molecule has 0 aromatic carbocycles. The van der Waals surface area contributed by atoms with Crippen LogP contribution in [0, 0.1) is 0 Å². The minimum absolute atomic E-state index is 0.297. The summed E-state index contributed by atoms with van der Waals surface area (Å²) >= 11 is 0. The number of hydrogen-bond donors (Lipinski definition) is 3. The molecule has 2 rings (SSSR count). The Morgan fingerprint density at radius 2 is 2.22 bits per heavy atom. The first-order valence-electron chi connectivity index (χ1n) is 5.39. The molecule has 1 fully saturated rings. The minimum Gasteiger partial charge on any atom is -0.388 e. The molecule has 0 spiro atoms. The van der Waals surface area contributed by atoms with Crippen LogP contribution >= 0.6 is 7.75 Å². The highest BCUT2D eigenvalue weighted by molar-refractivity contribution is 7.51. The molecule has 9 heteroatoms. The van der Waals surface area contributed by atoms with Crippen LogP contribution in [0.1, 0.15) is 6.92 Å². The number of imidazole rings is 1. The predicted octanol–water partition coefficient (Wildman–Crippen LogP) is -0.643. The second-order valence-corrected chi connectivity index (χ2v) is 5.79. The van der Waals surface area contributed by atoms with Crippen molar-refractivity contribution in [3.05, 3.63) is 18.7 Å². The molecule has 3 unspecified atom stereocenters. The molecule has 1 aliphatic heterocycles. The smallest absolute Gasteiger partial charge is 0.388 e. The van der Waals surface area contributed by atoms with E-state index in [0.717, 1.165) is 10.7 Å². The number of aromatic nitrogens is 2. The van der Waals surface area contributed by atoms with E-state index >= 15 is 0 Å². The maximum atomic E-state index is 11.8. The zero-order chi connectivity index (χ0) is 13.3. The SMILES string of the molecule is C[C@@H]1O[C@H](COP(=O)(O)n2ccnc2)C(O)C1O. The molecule has 18 heavy (non-hydrogen) atoms. The molecule has 0 bridgehead atoms. The molecular weight excluding hydrogens is 263 g/mol. The van der Waals surface area contributed by atoms with Crippen molar-refractivity contribution < 1.29 is 28.9 Å². The molecule has 2 heterocycles. The van der Waals surface area contributed by atoms with Crippen LogP contribution in [0.15, 0.2) is 18.7 Å². The van der Waals surface area contributed by atoms with Gasteiger partial charge in [-0.25, -0.2) is 13.9 Å². The van der Waals surface area contributed by atoms with Gasteiger partial charge in [0.25, 0.3) is 0 Å². The van der Waals surface area contributed by atoms with Crippen molar-refractivity contribution in [2.75, 3.05) is 6.61 Å². The van der Waals surface area contributed by atoms with Crippen molar-refractivity contribution >= 4 is 7.75 Å². The first kappa shape index (κ1) is 13.7. The van der Waals surface area contributed by atoms with E-state index in [1.165, 1.54) is 12.4 Å². The van der Waals surface area contributed by atoms with Crippen LogP contribution in [-0.2, 0) is 13.8 Å². The maximum Gasteiger partial charge on any atom is 0.437 e. The van der Waals surface area contributed by atoms with E-state index in [9.17, 15) is 19.7 Å². The molecule has 1 aliphatic rings. The quantitative estimate of drug-likeness (QED) is 0.627. The summed E-state index contributed by atoms with van der Waals surface area (Å²) in [5, 5.41) is 19.1. The molecule has 1 saturated heterocycles. The number of aliphatic hydroxyl groups excluding tert-OH is 2. The van der Waals surface area contributed by atoms with Crippen LogP contribution in [0.3, 0.4) is 0 Å². The average Bonchev–Trinajstić information content (AvgIpc) is 2.92. The van der Waals surface area contributed by atoms with E-state index in [2.05, 4.69) is 4.98 Å². The second-order valence-electron chi connectivity index (χ2n) is 4.09. The third-order valence-corrected chi connectivity index (χ3v) is 4.10. The fraction of sp³-hybridized carbons (Fsp3) is 0.667. The Labute approximate surface area is 103 Å². The summed E-state index contributed by atoms with van der Waals surface area (Å²) in [6, 6.07) is 0. The van der Waals surface area contributed by atoms with E-state index in [1.807, 2.05) is 0 Å². The molecule has 8 nitrogen and oxygen atoms in total. The number of hydrogen-bond acceptors (Lipinski definition) is 6. The molecule has 0 radical (unpaired) electrons. The first-order chi connectivity index (χ1) is 8.42. The highest BCUT2D eigenvalue weighted by atomic mass is 31.2. The van der Waals surface area contributed by atoms with E-state index in [1.54, 1.807) is 6.92 Å². The van der Waals surface area contributed by atoms with Crippen molar-refractivity contribution in [2.45, 2.75) is 31.3 Å². The molecule has 102 valence electrons. The van der Waals surface area contributed by atoms with E-state index in [0.29, 0.717) is 0 Å². The summed E-state index contributed by atoms with van der Waals surface area (Å²) in [5.41, 5.74) is 0. The summed E-state index contributed by atoms with van der Waals surface area (Å²) in [5.74, 6) is 0. The zero-order valence-corrected chi connectivity index (χ0v) is 10.6. The molecule has 0 amide bonds. The lowest BCUT2D eigenvalue weighted by molar-refractivity contribution is -0.0135. The fourth-order valence-electron chi connectivity index (χ4n) is 1.71. The lowest BCUT2D eigenvalue weighted by Crippen LogP contribution is -2.33. The Morgan fingerprint density at radius 3 is 2.72 bits per heavy atom. The fourth-order valence-corrected chi connectivity index (χ4v) is 2.60. The Morgan fingerprint density at radius 1 is 1.50 bits per heavy atom. The molecule has 1 aromatic heterocycles. The van der Waals surface area contributed by atoms with Crippen molar-refractivity contribution in [1.82, 2.24) is 9.32 Å². The van der Waals surface area contributed by atoms with Crippen LogP contribution in [0.2, 0.25) is 0 Å². The lowest BCUT2D eigenvalue weighted by Gasteiger charge is -2.17. The topological polar surface area (TPSA) is 114 Å². The van der Waals surface area contributed by atoms with E-state index < -0.39 is 32.2 Å². The van der Waals surface area contributed by atoms with Gasteiger partial charge in [0.1, 0.15) is 24.6 Å². The van der Waals surface area contributed by atoms with Gasteiger partial charge in [-0.1, -0.05) is 0 Å². The van der Waals surface area contributed by atoms with Crippen molar-refractivity contribution in [2.24, 2.45) is 0 Å². The van der Waals surface area contributed by atoms with Gasteiger partial charge in [-0.3, -0.25) is 4.52 Å². The highest BCUT2D eigenvalue weighted by Crippen LogP contribution is 2.43. The van der Waals surface area contributed by atoms with E-state index in [-0.39, 0.29) is 6.61 Å². The van der Waals surface area contributed by atoms with Gasteiger partial charge in [0.15, 0.2) is 0 Å². The van der Waals surface area contributed by atoms with Gasteiger partial charge in [-0.15, -0.1) is 0 Å². The van der Waals surface area contributed by atoms with Crippen molar-refractivity contribution in [3.63, 3.8) is 0 Å². The summed E-state index contributed by atoms with van der Waals surface area (Å²) in [4.78, 5) is 13.2. The van der Waals surface area contributed by atoms with Crippen LogP contribution < -0.4 is 0 Å². The second kappa shape index (κ2) is 5.08. The van der Waals surface area contributed by atoms with E-state index in [4.69, 9.17) is 9.26 Å². The van der Waals surface area contributed by atoms with Crippen LogP contribution in [0.4, 0.5) is 0 Å². The first-order valence-corrected chi connectivity index (χ1v) is 6.92. The lowest BCUT2D eigenvalue weighted by atomic mass is 10.1. The number of ether oxygens (including phenoxy) is 1. The number of aliphatic hydroxyl groups is 2. The minimum atomic E-state index is -4.03. The molecule has 3 N–H and O–H groups in total. The maximum absolute atomic E-state index is 11.8. The van der Waals surface area contributed by atoms with Crippen LogP contribution in [0.25, 0.3) is 0 Å². The normalized spacial score (nSPS) is 35.6. The molecule has 0 saturated carbocycles. The van der Waals surface area contributed by atoms with Gasteiger partial charge in [0, 0.05) is 12.4 Å². The van der Waals surface area contributed by atoms with Gasteiger partial charge >= 0.3 is 7.75 Å². The van der Waals surface area contributed by atoms with Gasteiger partial charge in [0.05, 0.1) is 12.7 Å². The molecule has 0 aliphatic carbocycles. The summed E-state index contributed by atoms with van der Waals surface area (Å²) in [6.07, 6.45) is 0.263. The standard InChI is InChI=1S/C9H15N2O6P/c1-6-8(12)9(13)7(17-6)4-16-18(14,15)11-3-2-10-5-11/h2-3,5-9,12-13H,4H2,1H3,(H,14,15)/t6-,7+,8?,9?/m0/s1. The van der Waals surface area contributed by atoms with Gasteiger partial charge in [-0.2, -0.15) is 0 Å². The third-order valence-electron chi connectivity index (χ3n) is 2.79. The van der Waals surface area contributed by atoms with Gasteiger partial charge < -0.3 is 19.8 Å². The third kappa shape index (κ3) is 2.64. The average molecular weight is 278 g/mol. The Balaban J connectivity index is 1.95. The summed E-state index contributed by atoms with van der Waals surface area (Å²) in [6.45, 7) is 1.30. The van der Waals surface area contributed by atoms with Gasteiger partial charge in [0.2, 0.25) is 0 Å². The van der Waals surface area contributed by atoms with Crippen LogP contribution in [-0.4, -0.2) is 55.5 Å². The molecule has 5 atom stereocenters. The van der Waals surface area contributed by atoms with Gasteiger partial charge in [-0.05, 0) is 6.92 Å². The Kier molecular flexibility index (Phi) is 3.86. The summed E-state index contributed by atoms with van der Waals surface area (Å²) < 4.78 is 22.8. The molecular formula is C9H15N2O6P. The Bertz CT molecular complexity index is 438. The zero-order valence-electron chi connectivity index (χ0n) is 9.66. The predicted molar refractivity (Wildman–Crippen MR) is 59.8 cm³/mol. The molecule has 1 aromatic rings. The largest absolute Gasteiger partial charge is 0.437 e. The Hall–Kier alpha value is -0.760. The summed E-state index contributed by atoms with van der Waals surface area (Å²) in [7, 11) is -4.03. The van der Waals surface area contributed by atoms with Crippen molar-refractivity contribution in [1.29, 1.82) is 0 Å². The number of nitrogens with zero attached hydrogens (tertiary/aromatic N) is 2.